The molecule has 1 N–H and O–H groups in total. The van der Waals surface area contributed by atoms with Crippen LogP contribution in [0.5, 0.6) is 5.75 Å². The van der Waals surface area contributed by atoms with Gasteiger partial charge in [0.15, 0.2) is 0 Å². The molecule has 0 fully saturated rings. The van der Waals surface area contributed by atoms with Crippen LogP contribution in [0.1, 0.15) is 11.1 Å². The first kappa shape index (κ1) is 17.2. The van der Waals surface area contributed by atoms with Crippen molar-refractivity contribution in [3.8, 4) is 5.75 Å². The molecular formula is C23H21NO3. The monoisotopic (exact) mass is 359 g/mol. The highest BCUT2D eigenvalue weighted by atomic mass is 16.5. The van der Waals surface area contributed by atoms with Gasteiger partial charge in [0.25, 0.3) is 0 Å². The number of carbonyl (C=O) groups is 1. The van der Waals surface area contributed by atoms with E-state index >= 15 is 0 Å². The highest BCUT2D eigenvalue weighted by molar-refractivity contribution is 5.91. The molecule has 0 spiro atoms. The topological polar surface area (TPSA) is 47.6 Å². The number of hydrogen-bond acceptors (Lipinski definition) is 3. The van der Waals surface area contributed by atoms with Crippen LogP contribution in [0.25, 0.3) is 10.8 Å². The lowest BCUT2D eigenvalue weighted by atomic mass is 10.0. The molecule has 0 aromatic heterocycles. The standard InChI is InChI=1S/C23H21NO3/c1-26-19-11-9-16(10-12-19)13-21-22(14-23(25)24-21)27-15-18-7-4-6-17-5-2-3-8-20(17)18/h2-12,14,21H,13,15H2,1H3,(H,24,25). The van der Waals surface area contributed by atoms with Gasteiger partial charge in [0.2, 0.25) is 5.91 Å². The number of hydrogen-bond donors (Lipinski definition) is 1. The van der Waals surface area contributed by atoms with Gasteiger partial charge in [0.05, 0.1) is 13.2 Å². The third-order valence-corrected chi connectivity index (χ3v) is 4.81. The van der Waals surface area contributed by atoms with Gasteiger partial charge in [0, 0.05) is 6.08 Å². The van der Waals surface area contributed by atoms with Gasteiger partial charge in [-0.15, -0.1) is 0 Å². The van der Waals surface area contributed by atoms with Crippen LogP contribution < -0.4 is 10.1 Å². The Hall–Kier alpha value is -3.27. The molecule has 1 amide bonds. The summed E-state index contributed by atoms with van der Waals surface area (Å²) < 4.78 is 11.2. The van der Waals surface area contributed by atoms with E-state index in [2.05, 4.69) is 29.6 Å². The molecule has 0 aliphatic carbocycles. The van der Waals surface area contributed by atoms with Crippen molar-refractivity contribution in [2.75, 3.05) is 7.11 Å². The van der Waals surface area contributed by atoms with E-state index < -0.39 is 0 Å². The van der Waals surface area contributed by atoms with Crippen molar-refractivity contribution in [2.45, 2.75) is 19.1 Å². The Morgan fingerprint density at radius 3 is 2.56 bits per heavy atom. The maximum Gasteiger partial charge on any atom is 0.248 e. The largest absolute Gasteiger partial charge is 0.497 e. The van der Waals surface area contributed by atoms with Crippen LogP contribution in [0.2, 0.25) is 0 Å². The molecule has 0 saturated heterocycles. The molecule has 1 atom stereocenters. The first-order valence-electron chi connectivity index (χ1n) is 8.97. The van der Waals surface area contributed by atoms with Crippen LogP contribution in [0.4, 0.5) is 0 Å². The molecule has 3 aromatic rings. The maximum atomic E-state index is 11.9. The second kappa shape index (κ2) is 7.54. The zero-order chi connectivity index (χ0) is 18.6. The number of benzene rings is 3. The van der Waals surface area contributed by atoms with E-state index in [0.29, 0.717) is 18.8 Å². The van der Waals surface area contributed by atoms with E-state index in [0.717, 1.165) is 16.9 Å². The van der Waals surface area contributed by atoms with E-state index in [1.165, 1.54) is 10.8 Å². The average Bonchev–Trinajstić information content (AvgIpc) is 3.06. The summed E-state index contributed by atoms with van der Waals surface area (Å²) >= 11 is 0. The normalized spacial score (nSPS) is 16.1. The smallest absolute Gasteiger partial charge is 0.248 e. The van der Waals surface area contributed by atoms with Crippen LogP contribution in [-0.4, -0.2) is 19.1 Å². The fourth-order valence-corrected chi connectivity index (χ4v) is 3.38. The minimum absolute atomic E-state index is 0.110. The fourth-order valence-electron chi connectivity index (χ4n) is 3.38. The summed E-state index contributed by atoms with van der Waals surface area (Å²) in [6.45, 7) is 0.432. The van der Waals surface area contributed by atoms with E-state index in [1.54, 1.807) is 13.2 Å². The summed E-state index contributed by atoms with van der Waals surface area (Å²) in [5, 5.41) is 5.32. The number of methoxy groups -OCH3 is 1. The maximum absolute atomic E-state index is 11.9. The fraction of sp³-hybridized carbons (Fsp3) is 0.174. The highest BCUT2D eigenvalue weighted by Gasteiger charge is 2.25. The SMILES string of the molecule is COc1ccc(CC2NC(=O)C=C2OCc2cccc3ccccc23)cc1. The third kappa shape index (κ3) is 3.80. The Balaban J connectivity index is 1.47. The van der Waals surface area contributed by atoms with Crippen molar-refractivity contribution in [3.63, 3.8) is 0 Å². The molecule has 0 bridgehead atoms. The minimum atomic E-state index is -0.152. The Morgan fingerprint density at radius 1 is 0.963 bits per heavy atom. The van der Waals surface area contributed by atoms with Crippen LogP contribution in [-0.2, 0) is 22.6 Å². The Bertz CT molecular complexity index is 987. The highest BCUT2D eigenvalue weighted by Crippen LogP contribution is 2.23. The summed E-state index contributed by atoms with van der Waals surface area (Å²) in [4.78, 5) is 11.9. The third-order valence-electron chi connectivity index (χ3n) is 4.81. The summed E-state index contributed by atoms with van der Waals surface area (Å²) in [5.41, 5.74) is 2.22. The number of ether oxygens (including phenoxy) is 2. The molecule has 1 aliphatic heterocycles. The molecule has 4 nitrogen and oxygen atoms in total. The number of fused-ring (bicyclic) bond motifs is 1. The Kier molecular flexibility index (Phi) is 4.79. The average molecular weight is 359 g/mol. The second-order valence-corrected chi connectivity index (χ2v) is 6.59. The Labute approximate surface area is 158 Å². The predicted molar refractivity (Wildman–Crippen MR) is 105 cm³/mol. The van der Waals surface area contributed by atoms with Gasteiger partial charge in [-0.3, -0.25) is 4.79 Å². The van der Waals surface area contributed by atoms with Crippen molar-refractivity contribution >= 4 is 16.7 Å². The molecule has 3 aromatic carbocycles. The molecule has 0 saturated carbocycles. The van der Waals surface area contributed by atoms with Crippen molar-refractivity contribution in [3.05, 3.63) is 89.7 Å². The van der Waals surface area contributed by atoms with Crippen LogP contribution >= 0.6 is 0 Å². The number of carbonyl (C=O) groups excluding carboxylic acids is 1. The molecule has 136 valence electrons. The molecule has 0 radical (unpaired) electrons. The van der Waals surface area contributed by atoms with Crippen LogP contribution in [0.3, 0.4) is 0 Å². The quantitative estimate of drug-likeness (QED) is 0.724. The zero-order valence-corrected chi connectivity index (χ0v) is 15.1. The molecule has 4 heteroatoms. The second-order valence-electron chi connectivity index (χ2n) is 6.59. The van der Waals surface area contributed by atoms with Gasteiger partial charge in [-0.25, -0.2) is 0 Å². The number of nitrogens with one attached hydrogen (secondary N) is 1. The Morgan fingerprint density at radius 2 is 1.74 bits per heavy atom. The molecule has 27 heavy (non-hydrogen) atoms. The number of amides is 1. The van der Waals surface area contributed by atoms with Crippen molar-refractivity contribution in [1.82, 2.24) is 5.32 Å². The van der Waals surface area contributed by atoms with Crippen molar-refractivity contribution in [2.24, 2.45) is 0 Å². The van der Waals surface area contributed by atoms with E-state index in [-0.39, 0.29) is 11.9 Å². The van der Waals surface area contributed by atoms with Gasteiger partial charge in [0.1, 0.15) is 18.1 Å². The predicted octanol–water partition coefficient (Wildman–Crippen LogP) is 3.99. The lowest BCUT2D eigenvalue weighted by Gasteiger charge is -2.17. The van der Waals surface area contributed by atoms with E-state index in [1.807, 2.05) is 42.5 Å². The molecule has 1 aliphatic rings. The first-order chi connectivity index (χ1) is 13.2. The minimum Gasteiger partial charge on any atom is -0.497 e. The van der Waals surface area contributed by atoms with Gasteiger partial charge in [-0.05, 0) is 40.5 Å². The summed E-state index contributed by atoms with van der Waals surface area (Å²) in [7, 11) is 1.65. The van der Waals surface area contributed by atoms with Crippen molar-refractivity contribution in [1.29, 1.82) is 0 Å². The van der Waals surface area contributed by atoms with Crippen molar-refractivity contribution < 1.29 is 14.3 Å². The molecule has 1 heterocycles. The van der Waals surface area contributed by atoms with E-state index in [9.17, 15) is 4.79 Å². The van der Waals surface area contributed by atoms with Crippen LogP contribution in [0.15, 0.2) is 78.6 Å². The first-order valence-corrected chi connectivity index (χ1v) is 8.97. The lowest BCUT2D eigenvalue weighted by Crippen LogP contribution is -2.31. The lowest BCUT2D eigenvalue weighted by molar-refractivity contribution is -0.116. The summed E-state index contributed by atoms with van der Waals surface area (Å²) in [6, 6.07) is 22.1. The zero-order valence-electron chi connectivity index (χ0n) is 15.1. The summed E-state index contributed by atoms with van der Waals surface area (Å²) in [6.07, 6.45) is 2.23. The molecule has 4 rings (SSSR count). The van der Waals surface area contributed by atoms with E-state index in [4.69, 9.17) is 9.47 Å². The number of rotatable bonds is 6. The molecular weight excluding hydrogens is 338 g/mol. The van der Waals surface area contributed by atoms with Gasteiger partial charge >= 0.3 is 0 Å². The molecule has 1 unspecified atom stereocenters. The van der Waals surface area contributed by atoms with Gasteiger partial charge in [-0.2, -0.15) is 0 Å². The van der Waals surface area contributed by atoms with Gasteiger partial charge in [-0.1, -0.05) is 54.6 Å². The van der Waals surface area contributed by atoms with Gasteiger partial charge < -0.3 is 14.8 Å². The summed E-state index contributed by atoms with van der Waals surface area (Å²) in [5.74, 6) is 1.39. The van der Waals surface area contributed by atoms with Crippen LogP contribution in [0, 0.1) is 0 Å².